The molecule has 0 aromatic rings. The van der Waals surface area contributed by atoms with Gasteiger partial charge in [0.25, 0.3) is 0 Å². The summed E-state index contributed by atoms with van der Waals surface area (Å²) in [5, 5.41) is 50.4. The summed E-state index contributed by atoms with van der Waals surface area (Å²) in [4.78, 5) is 36.0. The molecular formula is C60H113O13P. The monoisotopic (exact) mass is 1070 g/mol. The molecule has 0 aromatic carbocycles. The van der Waals surface area contributed by atoms with Crippen LogP contribution in [0.15, 0.2) is 24.3 Å². The number of allylic oxidation sites excluding steroid dienone is 4. The van der Waals surface area contributed by atoms with Gasteiger partial charge in [-0.15, -0.1) is 0 Å². The van der Waals surface area contributed by atoms with Crippen molar-refractivity contribution in [3.8, 4) is 0 Å². The van der Waals surface area contributed by atoms with Gasteiger partial charge in [-0.2, -0.15) is 0 Å². The van der Waals surface area contributed by atoms with Gasteiger partial charge in [0.1, 0.15) is 43.2 Å². The molecule has 13 nitrogen and oxygen atoms in total. The number of rotatable bonds is 53. The first-order valence-corrected chi connectivity index (χ1v) is 32.1. The van der Waals surface area contributed by atoms with E-state index in [0.717, 1.165) is 38.5 Å². The third-order valence-electron chi connectivity index (χ3n) is 14.5. The van der Waals surface area contributed by atoms with Gasteiger partial charge in [-0.1, -0.05) is 256 Å². The third-order valence-corrected chi connectivity index (χ3v) is 15.5. The number of hydrogen-bond donors (Lipinski definition) is 6. The van der Waals surface area contributed by atoms with Crippen LogP contribution in [0.25, 0.3) is 0 Å². The summed E-state index contributed by atoms with van der Waals surface area (Å²) in [5.41, 5.74) is 0. The molecule has 436 valence electrons. The largest absolute Gasteiger partial charge is 0.472 e. The van der Waals surface area contributed by atoms with Crippen molar-refractivity contribution in [2.24, 2.45) is 0 Å². The second-order valence-corrected chi connectivity index (χ2v) is 23.0. The molecule has 0 bridgehead atoms. The van der Waals surface area contributed by atoms with E-state index in [1.54, 1.807) is 0 Å². The topological polar surface area (TPSA) is 210 Å². The predicted molar refractivity (Wildman–Crippen MR) is 300 cm³/mol. The maximum atomic E-state index is 12.9. The fourth-order valence-corrected chi connectivity index (χ4v) is 10.6. The summed E-state index contributed by atoms with van der Waals surface area (Å²) in [6, 6.07) is 0. The second-order valence-electron chi connectivity index (χ2n) is 21.6. The fraction of sp³-hybridized carbons (Fsp3) is 0.900. The Labute approximate surface area is 451 Å². The average Bonchev–Trinajstić information content (AvgIpc) is 3.38. The van der Waals surface area contributed by atoms with Crippen molar-refractivity contribution in [2.75, 3.05) is 13.2 Å². The second kappa shape index (κ2) is 49.6. The van der Waals surface area contributed by atoms with Crippen molar-refractivity contribution in [1.29, 1.82) is 0 Å². The number of hydrogen-bond acceptors (Lipinski definition) is 12. The number of aliphatic hydroxyl groups is 5. The molecular weight excluding hydrogens is 960 g/mol. The van der Waals surface area contributed by atoms with Crippen LogP contribution in [0.1, 0.15) is 290 Å². The lowest BCUT2D eigenvalue weighted by Crippen LogP contribution is -2.64. The Balaban J connectivity index is 2.32. The first-order valence-electron chi connectivity index (χ1n) is 30.6. The van der Waals surface area contributed by atoms with E-state index in [-0.39, 0.29) is 12.8 Å². The Morgan fingerprint density at radius 1 is 0.405 bits per heavy atom. The zero-order valence-corrected chi connectivity index (χ0v) is 48.1. The lowest BCUT2D eigenvalue weighted by molar-refractivity contribution is -0.220. The maximum Gasteiger partial charge on any atom is 0.472 e. The Bertz CT molecular complexity index is 1380. The van der Waals surface area contributed by atoms with Crippen LogP contribution in [0.2, 0.25) is 0 Å². The molecule has 0 saturated heterocycles. The van der Waals surface area contributed by atoms with Crippen molar-refractivity contribution in [3.63, 3.8) is 0 Å². The van der Waals surface area contributed by atoms with Crippen LogP contribution >= 0.6 is 7.82 Å². The molecule has 1 aliphatic carbocycles. The average molecular weight is 1070 g/mol. The van der Waals surface area contributed by atoms with E-state index < -0.39 is 75.7 Å². The van der Waals surface area contributed by atoms with Crippen LogP contribution in [0.3, 0.4) is 0 Å². The summed E-state index contributed by atoms with van der Waals surface area (Å²) < 4.78 is 33.7. The van der Waals surface area contributed by atoms with E-state index in [4.69, 9.17) is 18.5 Å². The number of esters is 2. The zero-order chi connectivity index (χ0) is 54.2. The molecule has 0 aliphatic heterocycles. The summed E-state index contributed by atoms with van der Waals surface area (Å²) in [6.45, 7) is 3.35. The van der Waals surface area contributed by atoms with Crippen LogP contribution in [-0.2, 0) is 32.7 Å². The van der Waals surface area contributed by atoms with Crippen LogP contribution < -0.4 is 0 Å². The molecule has 6 N–H and O–H groups in total. The summed E-state index contributed by atoms with van der Waals surface area (Å²) >= 11 is 0. The smallest absolute Gasteiger partial charge is 0.462 e. The van der Waals surface area contributed by atoms with Gasteiger partial charge in [-0.25, -0.2) is 4.57 Å². The summed E-state index contributed by atoms with van der Waals surface area (Å²) in [7, 11) is -5.14. The highest BCUT2D eigenvalue weighted by Crippen LogP contribution is 2.47. The zero-order valence-electron chi connectivity index (χ0n) is 47.2. The lowest BCUT2D eigenvalue weighted by Gasteiger charge is -2.41. The SMILES string of the molecule is CCCCCCCCCCCCCCCC/C=C/CC/C=C/CCCC(=O)O[C@@H](COC(=O)CCCCCCCCCCCCCCCCCCCCCCCC)COP(=O)(O)OC1C(O)C(O)C(O)[C@H](O)C1O. The van der Waals surface area contributed by atoms with Gasteiger partial charge < -0.3 is 39.9 Å². The highest BCUT2D eigenvalue weighted by atomic mass is 31.2. The van der Waals surface area contributed by atoms with Crippen LogP contribution in [0.4, 0.5) is 0 Å². The number of carbonyl (C=O) groups excluding carboxylic acids is 2. The molecule has 6 unspecified atom stereocenters. The Hall–Kier alpha value is -1.67. The molecule has 0 spiro atoms. The molecule has 14 heteroatoms. The van der Waals surface area contributed by atoms with Crippen molar-refractivity contribution in [1.82, 2.24) is 0 Å². The molecule has 0 aromatic heterocycles. The van der Waals surface area contributed by atoms with E-state index in [9.17, 15) is 44.6 Å². The van der Waals surface area contributed by atoms with Crippen LogP contribution in [0, 0.1) is 0 Å². The normalized spacial score (nSPS) is 20.4. The molecule has 0 radical (unpaired) electrons. The molecule has 8 atom stereocenters. The van der Waals surface area contributed by atoms with Crippen molar-refractivity contribution in [2.45, 2.75) is 333 Å². The number of ether oxygens (including phenoxy) is 2. The molecule has 1 saturated carbocycles. The molecule has 1 rings (SSSR count). The molecule has 74 heavy (non-hydrogen) atoms. The van der Waals surface area contributed by atoms with Gasteiger partial charge in [-0.05, 0) is 44.9 Å². The van der Waals surface area contributed by atoms with Crippen molar-refractivity contribution in [3.05, 3.63) is 24.3 Å². The lowest BCUT2D eigenvalue weighted by atomic mass is 9.85. The summed E-state index contributed by atoms with van der Waals surface area (Å²) in [5.74, 6) is -1.13. The minimum atomic E-state index is -5.14. The van der Waals surface area contributed by atoms with Gasteiger partial charge in [0, 0.05) is 12.8 Å². The Kier molecular flexibility index (Phi) is 47.2. The maximum absolute atomic E-state index is 12.9. The molecule has 1 fully saturated rings. The van der Waals surface area contributed by atoms with E-state index in [0.29, 0.717) is 19.3 Å². The number of phosphoric acid groups is 1. The van der Waals surface area contributed by atoms with E-state index >= 15 is 0 Å². The highest BCUT2D eigenvalue weighted by Gasteiger charge is 2.51. The summed E-state index contributed by atoms with van der Waals surface area (Å²) in [6.07, 6.45) is 46.7. The molecule has 0 amide bonds. The molecule has 1 aliphatic rings. The minimum Gasteiger partial charge on any atom is -0.462 e. The van der Waals surface area contributed by atoms with E-state index in [1.165, 1.54) is 205 Å². The fourth-order valence-electron chi connectivity index (χ4n) is 9.66. The quantitative estimate of drug-likeness (QED) is 0.0145. The Morgan fingerprint density at radius 3 is 1.11 bits per heavy atom. The van der Waals surface area contributed by atoms with E-state index in [2.05, 4.69) is 32.1 Å². The number of unbranched alkanes of at least 4 members (excludes halogenated alkanes) is 37. The van der Waals surface area contributed by atoms with Gasteiger partial charge in [0.15, 0.2) is 6.10 Å². The minimum absolute atomic E-state index is 0.0409. The van der Waals surface area contributed by atoms with Gasteiger partial charge in [-0.3, -0.25) is 18.6 Å². The first-order chi connectivity index (χ1) is 35.9. The van der Waals surface area contributed by atoms with Gasteiger partial charge in [0.05, 0.1) is 6.61 Å². The number of phosphoric ester groups is 1. The van der Waals surface area contributed by atoms with Crippen molar-refractivity contribution >= 4 is 19.8 Å². The van der Waals surface area contributed by atoms with Gasteiger partial charge >= 0.3 is 19.8 Å². The number of aliphatic hydroxyl groups excluding tert-OH is 5. The Morgan fingerprint density at radius 2 is 0.716 bits per heavy atom. The van der Waals surface area contributed by atoms with E-state index in [1.807, 2.05) is 6.08 Å². The van der Waals surface area contributed by atoms with Crippen LogP contribution in [0.5, 0.6) is 0 Å². The van der Waals surface area contributed by atoms with Gasteiger partial charge in [0.2, 0.25) is 0 Å². The predicted octanol–water partition coefficient (Wildman–Crippen LogP) is 14.7. The first kappa shape index (κ1) is 70.3. The standard InChI is InChI=1S/C60H113O13P/c1-3-5-7-9-11-13-15-17-19-21-23-25-27-29-31-33-35-37-39-41-43-45-47-49-54(62)72-52(51-71-74(68,69)73-60-58(66)56(64)55(63)57(65)59(60)67)50-70-53(61)48-46-44-42-40-38-36-34-32-30-28-26-24-22-20-18-16-14-12-10-8-6-4-2/h33,35,41,43,52,55-60,63-67H,3-32,34,36-40,42,44-51H2,1-2H3,(H,68,69)/b35-33+,43-41+/t52-,55?,56-,57?,58?,59?,60?/m0/s1. The third kappa shape index (κ3) is 40.5. The molecule has 0 heterocycles. The highest BCUT2D eigenvalue weighted by molar-refractivity contribution is 7.47. The van der Waals surface area contributed by atoms with Crippen molar-refractivity contribution < 1.29 is 63.1 Å². The van der Waals surface area contributed by atoms with Crippen LogP contribution in [-0.4, -0.2) is 98.3 Å². The number of carbonyl (C=O) groups is 2.